The molecule has 1 amide bonds. The molecule has 18 heavy (non-hydrogen) atoms. The van der Waals surface area contributed by atoms with E-state index in [9.17, 15) is 4.79 Å². The van der Waals surface area contributed by atoms with Crippen LogP contribution >= 0.6 is 0 Å². The zero-order chi connectivity index (χ0) is 13.0. The van der Waals surface area contributed by atoms with Crippen molar-refractivity contribution in [2.45, 2.75) is 25.4 Å². The predicted octanol–water partition coefficient (Wildman–Crippen LogP) is 1.12. The highest BCUT2D eigenvalue weighted by molar-refractivity contribution is 5.82. The van der Waals surface area contributed by atoms with E-state index in [0.29, 0.717) is 6.54 Å². The van der Waals surface area contributed by atoms with Gasteiger partial charge in [-0.2, -0.15) is 0 Å². The van der Waals surface area contributed by atoms with E-state index in [1.54, 1.807) is 0 Å². The number of para-hydroxylation sites is 1. The molecule has 2 rings (SSSR count). The Hall–Kier alpha value is -1.55. The van der Waals surface area contributed by atoms with Crippen LogP contribution in [0.2, 0.25) is 0 Å². The van der Waals surface area contributed by atoms with E-state index >= 15 is 0 Å². The first kappa shape index (κ1) is 12.9. The molecule has 1 fully saturated rings. The molecular formula is C14H21N3O. The molecule has 0 aliphatic carbocycles. The summed E-state index contributed by atoms with van der Waals surface area (Å²) in [5.74, 6) is 0.112. The van der Waals surface area contributed by atoms with Crippen LogP contribution in [0.25, 0.3) is 0 Å². The van der Waals surface area contributed by atoms with Crippen molar-refractivity contribution in [3.05, 3.63) is 29.8 Å². The highest BCUT2D eigenvalue weighted by Crippen LogP contribution is 2.17. The van der Waals surface area contributed by atoms with Gasteiger partial charge in [0.05, 0.1) is 6.04 Å². The monoisotopic (exact) mass is 247 g/mol. The maximum absolute atomic E-state index is 11.9. The van der Waals surface area contributed by atoms with Gasteiger partial charge in [0.15, 0.2) is 0 Å². The fraction of sp³-hybridized carbons (Fsp3) is 0.500. The molecule has 1 heterocycles. The molecule has 0 saturated carbocycles. The van der Waals surface area contributed by atoms with Gasteiger partial charge in [-0.15, -0.1) is 0 Å². The molecule has 1 atom stereocenters. The van der Waals surface area contributed by atoms with Crippen LogP contribution in [0.4, 0.5) is 5.69 Å². The fourth-order valence-electron chi connectivity index (χ4n) is 2.31. The van der Waals surface area contributed by atoms with E-state index < -0.39 is 0 Å². The number of nitrogens with zero attached hydrogens (tertiary/aromatic N) is 1. The third kappa shape index (κ3) is 3.01. The van der Waals surface area contributed by atoms with E-state index in [1.807, 2.05) is 26.2 Å². The molecule has 4 nitrogen and oxygen atoms in total. The Morgan fingerprint density at radius 2 is 2.22 bits per heavy atom. The first-order valence-corrected chi connectivity index (χ1v) is 6.45. The van der Waals surface area contributed by atoms with Crippen molar-refractivity contribution in [1.82, 2.24) is 10.6 Å². The molecule has 0 radical (unpaired) electrons. The third-order valence-electron chi connectivity index (χ3n) is 3.30. The van der Waals surface area contributed by atoms with Crippen LogP contribution in [-0.2, 0) is 11.3 Å². The first-order valence-electron chi connectivity index (χ1n) is 6.45. The minimum atomic E-state index is -0.00322. The minimum Gasteiger partial charge on any atom is -0.377 e. The molecular weight excluding hydrogens is 226 g/mol. The van der Waals surface area contributed by atoms with Gasteiger partial charge in [0.1, 0.15) is 0 Å². The number of hydrogen-bond donors (Lipinski definition) is 2. The summed E-state index contributed by atoms with van der Waals surface area (Å²) in [7, 11) is 4.03. The van der Waals surface area contributed by atoms with Gasteiger partial charge in [-0.05, 0) is 31.0 Å². The highest BCUT2D eigenvalue weighted by Gasteiger charge is 2.21. The molecule has 2 N–H and O–H groups in total. The highest BCUT2D eigenvalue weighted by atomic mass is 16.2. The van der Waals surface area contributed by atoms with Crippen LogP contribution in [0.3, 0.4) is 0 Å². The lowest BCUT2D eigenvalue weighted by Gasteiger charge is -2.18. The average molecular weight is 247 g/mol. The number of nitrogens with one attached hydrogen (secondary N) is 2. The minimum absolute atomic E-state index is 0.00322. The summed E-state index contributed by atoms with van der Waals surface area (Å²) >= 11 is 0. The summed E-state index contributed by atoms with van der Waals surface area (Å²) in [5.41, 5.74) is 2.30. The van der Waals surface area contributed by atoms with E-state index in [4.69, 9.17) is 0 Å². The average Bonchev–Trinajstić information content (AvgIpc) is 2.90. The quantitative estimate of drug-likeness (QED) is 0.838. The lowest BCUT2D eigenvalue weighted by atomic mass is 10.1. The second kappa shape index (κ2) is 5.87. The number of hydrogen-bond acceptors (Lipinski definition) is 3. The van der Waals surface area contributed by atoms with E-state index in [-0.39, 0.29) is 11.9 Å². The van der Waals surface area contributed by atoms with Crippen LogP contribution in [0.5, 0.6) is 0 Å². The Labute approximate surface area is 108 Å². The van der Waals surface area contributed by atoms with Crippen molar-refractivity contribution in [1.29, 1.82) is 0 Å². The van der Waals surface area contributed by atoms with Crippen LogP contribution < -0.4 is 15.5 Å². The number of benzene rings is 1. The number of carbonyl (C=O) groups excluding carboxylic acids is 1. The maximum Gasteiger partial charge on any atom is 0.237 e. The summed E-state index contributed by atoms with van der Waals surface area (Å²) in [6.45, 7) is 1.54. The number of anilines is 1. The Morgan fingerprint density at radius 3 is 2.89 bits per heavy atom. The van der Waals surface area contributed by atoms with Gasteiger partial charge in [0, 0.05) is 26.3 Å². The molecule has 0 bridgehead atoms. The zero-order valence-corrected chi connectivity index (χ0v) is 11.1. The Kier molecular flexibility index (Phi) is 4.20. The number of amides is 1. The number of rotatable bonds is 4. The lowest BCUT2D eigenvalue weighted by molar-refractivity contribution is -0.122. The summed E-state index contributed by atoms with van der Waals surface area (Å²) in [4.78, 5) is 14.0. The molecule has 1 unspecified atom stereocenters. The molecule has 4 heteroatoms. The van der Waals surface area contributed by atoms with Gasteiger partial charge in [0.2, 0.25) is 5.91 Å². The first-order chi connectivity index (χ1) is 8.68. The lowest BCUT2D eigenvalue weighted by Crippen LogP contribution is -2.40. The molecule has 0 aromatic heterocycles. The Balaban J connectivity index is 1.95. The maximum atomic E-state index is 11.9. The molecule has 1 aromatic rings. The summed E-state index contributed by atoms with van der Waals surface area (Å²) in [6.07, 6.45) is 2.04. The van der Waals surface area contributed by atoms with Gasteiger partial charge < -0.3 is 15.5 Å². The Bertz CT molecular complexity index is 411. The second-order valence-electron chi connectivity index (χ2n) is 4.89. The molecule has 1 saturated heterocycles. The smallest absolute Gasteiger partial charge is 0.237 e. The Morgan fingerprint density at radius 1 is 1.44 bits per heavy atom. The molecule has 1 aliphatic heterocycles. The van der Waals surface area contributed by atoms with Crippen molar-refractivity contribution >= 4 is 11.6 Å². The van der Waals surface area contributed by atoms with Crippen molar-refractivity contribution in [2.24, 2.45) is 0 Å². The van der Waals surface area contributed by atoms with Crippen molar-refractivity contribution < 1.29 is 4.79 Å². The number of carbonyl (C=O) groups is 1. The molecule has 1 aromatic carbocycles. The van der Waals surface area contributed by atoms with Crippen LogP contribution in [0.15, 0.2) is 24.3 Å². The van der Waals surface area contributed by atoms with Crippen molar-refractivity contribution in [2.75, 3.05) is 25.5 Å². The summed E-state index contributed by atoms with van der Waals surface area (Å²) in [6, 6.07) is 8.13. The van der Waals surface area contributed by atoms with Crippen molar-refractivity contribution in [3.63, 3.8) is 0 Å². The fourth-order valence-corrected chi connectivity index (χ4v) is 2.31. The van der Waals surface area contributed by atoms with Crippen LogP contribution in [-0.4, -0.2) is 32.6 Å². The molecule has 1 aliphatic rings. The second-order valence-corrected chi connectivity index (χ2v) is 4.89. The van der Waals surface area contributed by atoms with Gasteiger partial charge in [-0.3, -0.25) is 4.79 Å². The van der Waals surface area contributed by atoms with E-state index in [2.05, 4.69) is 27.7 Å². The van der Waals surface area contributed by atoms with Crippen molar-refractivity contribution in [3.8, 4) is 0 Å². The third-order valence-corrected chi connectivity index (χ3v) is 3.30. The van der Waals surface area contributed by atoms with Crippen LogP contribution in [0.1, 0.15) is 18.4 Å². The van der Waals surface area contributed by atoms with Gasteiger partial charge in [-0.1, -0.05) is 18.2 Å². The van der Waals surface area contributed by atoms with Gasteiger partial charge >= 0.3 is 0 Å². The SMILES string of the molecule is CN(C)c1ccccc1CNC(=O)C1CCCN1. The van der Waals surface area contributed by atoms with E-state index in [0.717, 1.165) is 30.6 Å². The topological polar surface area (TPSA) is 44.4 Å². The molecule has 0 spiro atoms. The van der Waals surface area contributed by atoms with Gasteiger partial charge in [0.25, 0.3) is 0 Å². The summed E-state index contributed by atoms with van der Waals surface area (Å²) in [5, 5.41) is 6.22. The largest absolute Gasteiger partial charge is 0.377 e. The standard InChI is InChI=1S/C14H21N3O/c1-17(2)13-8-4-3-6-11(13)10-16-14(18)12-7-5-9-15-12/h3-4,6,8,12,15H,5,7,9-10H2,1-2H3,(H,16,18). The molecule has 98 valence electrons. The predicted molar refractivity (Wildman–Crippen MR) is 73.6 cm³/mol. The van der Waals surface area contributed by atoms with E-state index in [1.165, 1.54) is 0 Å². The summed E-state index contributed by atoms with van der Waals surface area (Å²) < 4.78 is 0. The zero-order valence-electron chi connectivity index (χ0n) is 11.1. The normalized spacial score (nSPS) is 18.7. The van der Waals surface area contributed by atoms with Gasteiger partial charge in [-0.25, -0.2) is 0 Å². The van der Waals surface area contributed by atoms with Crippen LogP contribution in [0, 0.1) is 0 Å².